The molecule has 11 nitrogen and oxygen atoms in total. The average Bonchev–Trinajstić information content (AvgIpc) is 3.00. The lowest BCUT2D eigenvalue weighted by Gasteiger charge is -2.12. The Hall–Kier alpha value is -3.64. The third-order valence-electron chi connectivity index (χ3n) is 3.76. The molecule has 0 bridgehead atoms. The maximum Gasteiger partial charge on any atom is 0.365 e. The summed E-state index contributed by atoms with van der Waals surface area (Å²) in [5.74, 6) is -1.88. The first-order valence-corrected chi connectivity index (χ1v) is 9.59. The van der Waals surface area contributed by atoms with E-state index >= 15 is 0 Å². The van der Waals surface area contributed by atoms with Gasteiger partial charge in [0.15, 0.2) is 0 Å². The quantitative estimate of drug-likeness (QED) is 0.302. The number of carbonyl (C=O) groups is 3. The van der Waals surface area contributed by atoms with Crippen LogP contribution in [0.2, 0.25) is 0 Å². The van der Waals surface area contributed by atoms with Crippen LogP contribution in [0.15, 0.2) is 52.6 Å². The summed E-state index contributed by atoms with van der Waals surface area (Å²) in [4.78, 5) is 43.3. The van der Waals surface area contributed by atoms with Crippen molar-refractivity contribution >= 4 is 39.9 Å². The van der Waals surface area contributed by atoms with Crippen LogP contribution in [0.25, 0.3) is 0 Å². The van der Waals surface area contributed by atoms with Gasteiger partial charge in [0.2, 0.25) is 0 Å². The second-order valence-electron chi connectivity index (χ2n) is 5.78. The highest BCUT2D eigenvalue weighted by Gasteiger charge is 2.33. The first kappa shape index (κ1) is 20.1. The van der Waals surface area contributed by atoms with Crippen LogP contribution in [-0.4, -0.2) is 47.0 Å². The van der Waals surface area contributed by atoms with Gasteiger partial charge in [0, 0.05) is 24.6 Å². The topological polar surface area (TPSA) is 155 Å². The molecular weight excluding hydrogens is 404 g/mol. The Morgan fingerprint density at radius 1 is 1.17 bits per heavy atom. The molecule has 1 aromatic carbocycles. The van der Waals surface area contributed by atoms with Crippen LogP contribution in [0.4, 0.5) is 5.82 Å². The van der Waals surface area contributed by atoms with E-state index in [1.165, 1.54) is 36.5 Å². The van der Waals surface area contributed by atoms with Crippen molar-refractivity contribution in [2.24, 2.45) is 5.10 Å². The largest absolute Gasteiger partial charge is 0.365 e. The summed E-state index contributed by atoms with van der Waals surface area (Å²) < 4.78 is 31.8. The molecule has 1 aliphatic rings. The predicted octanol–water partition coefficient (Wildman–Crippen LogP) is 0.995. The molecule has 1 fully saturated rings. The van der Waals surface area contributed by atoms with E-state index in [-0.39, 0.29) is 34.7 Å². The molecule has 0 saturated carbocycles. The van der Waals surface area contributed by atoms with Gasteiger partial charge in [-0.05, 0) is 18.2 Å². The highest BCUT2D eigenvalue weighted by molar-refractivity contribution is 7.86. The van der Waals surface area contributed by atoms with Gasteiger partial charge in [-0.1, -0.05) is 18.2 Å². The summed E-state index contributed by atoms with van der Waals surface area (Å²) in [5.41, 5.74) is 2.69. The summed E-state index contributed by atoms with van der Waals surface area (Å²) >= 11 is 0. The number of anilines is 1. The van der Waals surface area contributed by atoms with Crippen molar-refractivity contribution in [1.29, 1.82) is 0 Å². The second-order valence-corrected chi connectivity index (χ2v) is 7.17. The fraction of sp³-hybridized carbons (Fsp3) is 0.118. The van der Waals surface area contributed by atoms with E-state index in [0.717, 1.165) is 6.20 Å². The van der Waals surface area contributed by atoms with E-state index in [1.807, 2.05) is 0 Å². The van der Waals surface area contributed by atoms with Crippen molar-refractivity contribution in [3.05, 3.63) is 53.7 Å². The number of hydrogen-bond donors (Lipinski definition) is 2. The summed E-state index contributed by atoms with van der Waals surface area (Å²) in [5, 5.41) is 4.27. The van der Waals surface area contributed by atoms with Crippen LogP contribution in [0.3, 0.4) is 0 Å². The molecule has 2 aromatic rings. The molecule has 0 unspecified atom stereocenters. The number of hydrogen-bond acceptors (Lipinski definition) is 9. The van der Waals surface area contributed by atoms with Crippen LogP contribution in [0.1, 0.15) is 28.8 Å². The number of pyridine rings is 1. The number of aromatic nitrogens is 1. The monoisotopic (exact) mass is 418 g/mol. The van der Waals surface area contributed by atoms with Crippen LogP contribution >= 0.6 is 0 Å². The van der Waals surface area contributed by atoms with E-state index in [9.17, 15) is 27.4 Å². The van der Waals surface area contributed by atoms with Gasteiger partial charge in [-0.25, -0.2) is 9.78 Å². The fourth-order valence-corrected chi connectivity index (χ4v) is 3.03. The number of rotatable bonds is 6. The molecule has 29 heavy (non-hydrogen) atoms. The number of amides is 2. The van der Waals surface area contributed by atoms with Gasteiger partial charge in [-0.3, -0.25) is 19.6 Å². The minimum Gasteiger partial charge on any atom is -0.325 e. The van der Waals surface area contributed by atoms with Gasteiger partial charge < -0.3 is 4.84 Å². The molecule has 2 amide bonds. The molecule has 1 saturated heterocycles. The van der Waals surface area contributed by atoms with Gasteiger partial charge >= 0.3 is 5.97 Å². The van der Waals surface area contributed by atoms with Crippen molar-refractivity contribution in [3.8, 4) is 0 Å². The van der Waals surface area contributed by atoms with E-state index in [2.05, 4.69) is 15.5 Å². The third kappa shape index (κ3) is 4.80. The van der Waals surface area contributed by atoms with Gasteiger partial charge in [-0.15, -0.1) is 5.06 Å². The highest BCUT2D eigenvalue weighted by atomic mass is 32.2. The minimum absolute atomic E-state index is 0.00347. The van der Waals surface area contributed by atoms with E-state index in [0.29, 0.717) is 5.06 Å². The zero-order valence-electron chi connectivity index (χ0n) is 14.7. The third-order valence-corrected chi connectivity index (χ3v) is 4.69. The smallest absolute Gasteiger partial charge is 0.325 e. The molecule has 12 heteroatoms. The zero-order chi connectivity index (χ0) is 21.0. The predicted molar refractivity (Wildman–Crippen MR) is 98.2 cm³/mol. The Balaban J connectivity index is 1.64. The van der Waals surface area contributed by atoms with Crippen molar-refractivity contribution in [2.75, 3.05) is 5.43 Å². The van der Waals surface area contributed by atoms with Crippen LogP contribution < -0.4 is 5.43 Å². The lowest BCUT2D eigenvalue weighted by molar-refractivity contribution is -0.172. The molecule has 0 aliphatic carbocycles. The van der Waals surface area contributed by atoms with E-state index in [1.54, 1.807) is 6.07 Å². The Morgan fingerprint density at radius 2 is 1.86 bits per heavy atom. The molecule has 3 rings (SSSR count). The van der Waals surface area contributed by atoms with Crippen LogP contribution in [0, 0.1) is 0 Å². The van der Waals surface area contributed by atoms with Crippen molar-refractivity contribution in [3.63, 3.8) is 0 Å². The Bertz CT molecular complexity index is 1080. The van der Waals surface area contributed by atoms with Crippen LogP contribution in [-0.2, 0) is 24.5 Å². The van der Waals surface area contributed by atoms with Gasteiger partial charge in [0.05, 0.1) is 11.8 Å². The summed E-state index contributed by atoms with van der Waals surface area (Å²) in [6, 6.07) is 8.43. The SMILES string of the molecule is O=C(ON1C(=O)CCC1=O)c1ccc(N/N=C\c2ccccc2S(=O)(=O)O)nc1. The summed E-state index contributed by atoms with van der Waals surface area (Å²) in [7, 11) is -4.40. The van der Waals surface area contributed by atoms with Crippen molar-refractivity contribution in [2.45, 2.75) is 17.7 Å². The van der Waals surface area contributed by atoms with Gasteiger partial charge in [0.1, 0.15) is 10.7 Å². The van der Waals surface area contributed by atoms with E-state index < -0.39 is 27.9 Å². The Morgan fingerprint density at radius 3 is 2.48 bits per heavy atom. The number of nitrogens with zero attached hydrogens (tertiary/aromatic N) is 3. The second kappa shape index (κ2) is 8.16. The number of nitrogens with one attached hydrogen (secondary N) is 1. The summed E-state index contributed by atoms with van der Waals surface area (Å²) in [6.07, 6.45) is 2.31. The molecule has 1 aliphatic heterocycles. The first-order valence-electron chi connectivity index (χ1n) is 8.15. The molecule has 0 atom stereocenters. The number of hydrazone groups is 1. The molecule has 0 radical (unpaired) electrons. The number of carbonyl (C=O) groups excluding carboxylic acids is 3. The normalized spacial score (nSPS) is 14.4. The number of imide groups is 1. The van der Waals surface area contributed by atoms with Crippen molar-refractivity contribution in [1.82, 2.24) is 10.0 Å². The lowest BCUT2D eigenvalue weighted by Crippen LogP contribution is -2.32. The van der Waals surface area contributed by atoms with Gasteiger partial charge in [0.25, 0.3) is 21.9 Å². The van der Waals surface area contributed by atoms with E-state index in [4.69, 9.17) is 4.84 Å². The molecule has 2 N–H and O–H groups in total. The maximum atomic E-state index is 12.0. The molecule has 1 aromatic heterocycles. The Kier molecular flexibility index (Phi) is 5.66. The van der Waals surface area contributed by atoms with Crippen LogP contribution in [0.5, 0.6) is 0 Å². The maximum absolute atomic E-state index is 12.0. The Labute approximate surface area is 164 Å². The fourth-order valence-electron chi connectivity index (χ4n) is 2.36. The molecule has 2 heterocycles. The molecule has 0 spiro atoms. The molecule has 150 valence electrons. The number of benzene rings is 1. The molecular formula is C17H14N4O7S. The zero-order valence-corrected chi connectivity index (χ0v) is 15.5. The standard InChI is InChI=1S/C17H14N4O7S/c22-15-7-8-16(23)21(15)28-17(24)12-5-6-14(18-9-12)20-19-10-11-3-1-2-4-13(11)29(25,26)27/h1-6,9-10H,7-8H2,(H,18,20)(H,25,26,27)/b19-10-. The number of hydroxylamine groups is 2. The minimum atomic E-state index is -4.40. The first-order chi connectivity index (χ1) is 13.8. The lowest BCUT2D eigenvalue weighted by atomic mass is 10.2. The highest BCUT2D eigenvalue weighted by Crippen LogP contribution is 2.15. The average molecular weight is 418 g/mol. The van der Waals surface area contributed by atoms with Gasteiger partial charge in [-0.2, -0.15) is 13.5 Å². The summed E-state index contributed by atoms with van der Waals surface area (Å²) in [6.45, 7) is 0. The van der Waals surface area contributed by atoms with Crippen molar-refractivity contribution < 1.29 is 32.2 Å².